The molecule has 2 aromatic carbocycles. The zero-order valence-electron chi connectivity index (χ0n) is 14.4. The molecule has 1 atom stereocenters. The van der Waals surface area contributed by atoms with Gasteiger partial charge in [-0.3, -0.25) is 4.79 Å². The molecular formula is C20H23NO4. The van der Waals surface area contributed by atoms with E-state index in [0.29, 0.717) is 36.0 Å². The molecule has 3 rings (SSSR count). The summed E-state index contributed by atoms with van der Waals surface area (Å²) in [7, 11) is 0. The fourth-order valence-corrected chi connectivity index (χ4v) is 2.78. The second kappa shape index (κ2) is 8.53. The number of ether oxygens (including phenoxy) is 3. The molecule has 1 aliphatic rings. The minimum absolute atomic E-state index is 0.106. The number of nitrogens with one attached hydrogen (secondary N) is 1. The molecule has 0 saturated carbocycles. The third-order valence-electron chi connectivity index (χ3n) is 4.02. The fourth-order valence-electron chi connectivity index (χ4n) is 2.78. The number of anilines is 1. The lowest BCUT2D eigenvalue weighted by Gasteiger charge is -2.15. The molecule has 0 aromatic heterocycles. The van der Waals surface area contributed by atoms with E-state index in [9.17, 15) is 4.79 Å². The SMILES string of the molecule is CCOc1ccccc1NC(=O)c1ccccc1OCC1CCCO1. The van der Waals surface area contributed by atoms with E-state index < -0.39 is 0 Å². The lowest BCUT2D eigenvalue weighted by molar-refractivity contribution is 0.0673. The van der Waals surface area contributed by atoms with E-state index in [1.165, 1.54) is 0 Å². The Kier molecular flexibility index (Phi) is 5.90. The molecule has 1 unspecified atom stereocenters. The first-order valence-electron chi connectivity index (χ1n) is 8.64. The van der Waals surface area contributed by atoms with Gasteiger partial charge in [0, 0.05) is 6.61 Å². The Labute approximate surface area is 147 Å². The summed E-state index contributed by atoms with van der Waals surface area (Å²) in [5.41, 5.74) is 1.13. The summed E-state index contributed by atoms with van der Waals surface area (Å²) in [5, 5.41) is 2.90. The largest absolute Gasteiger partial charge is 0.492 e. The first-order chi connectivity index (χ1) is 12.3. The Bertz CT molecular complexity index is 710. The van der Waals surface area contributed by atoms with Gasteiger partial charge in [0.05, 0.1) is 24.0 Å². The third-order valence-corrected chi connectivity index (χ3v) is 4.02. The summed E-state index contributed by atoms with van der Waals surface area (Å²) in [6, 6.07) is 14.6. The van der Waals surface area contributed by atoms with Crippen LogP contribution in [0.4, 0.5) is 5.69 Å². The van der Waals surface area contributed by atoms with E-state index in [0.717, 1.165) is 19.4 Å². The number of amides is 1. The first-order valence-corrected chi connectivity index (χ1v) is 8.64. The van der Waals surface area contributed by atoms with Crippen molar-refractivity contribution in [3.05, 3.63) is 54.1 Å². The highest BCUT2D eigenvalue weighted by Crippen LogP contribution is 2.26. The maximum Gasteiger partial charge on any atom is 0.259 e. The Morgan fingerprint density at radius 1 is 1.12 bits per heavy atom. The van der Waals surface area contributed by atoms with Crippen LogP contribution < -0.4 is 14.8 Å². The van der Waals surface area contributed by atoms with Crippen LogP contribution in [0.5, 0.6) is 11.5 Å². The summed E-state index contributed by atoms with van der Waals surface area (Å²) in [4.78, 5) is 12.7. The minimum atomic E-state index is -0.227. The van der Waals surface area contributed by atoms with Gasteiger partial charge in [-0.2, -0.15) is 0 Å². The van der Waals surface area contributed by atoms with Gasteiger partial charge >= 0.3 is 0 Å². The van der Waals surface area contributed by atoms with Gasteiger partial charge < -0.3 is 19.5 Å². The molecule has 5 nitrogen and oxygen atoms in total. The smallest absolute Gasteiger partial charge is 0.259 e. The Morgan fingerprint density at radius 3 is 2.64 bits per heavy atom. The molecule has 1 saturated heterocycles. The molecular weight excluding hydrogens is 318 g/mol. The lowest BCUT2D eigenvalue weighted by Crippen LogP contribution is -2.19. The molecule has 132 valence electrons. The molecule has 0 bridgehead atoms. The van der Waals surface area contributed by atoms with Crippen molar-refractivity contribution >= 4 is 11.6 Å². The highest BCUT2D eigenvalue weighted by molar-refractivity contribution is 6.06. The van der Waals surface area contributed by atoms with Crippen LogP contribution in [0.3, 0.4) is 0 Å². The van der Waals surface area contributed by atoms with Crippen LogP contribution >= 0.6 is 0 Å². The highest BCUT2D eigenvalue weighted by Gasteiger charge is 2.19. The summed E-state index contributed by atoms with van der Waals surface area (Å²) in [6.07, 6.45) is 2.16. The Hall–Kier alpha value is -2.53. The zero-order chi connectivity index (χ0) is 17.5. The maximum absolute atomic E-state index is 12.7. The van der Waals surface area contributed by atoms with E-state index in [1.807, 2.05) is 43.3 Å². The molecule has 0 radical (unpaired) electrons. The van der Waals surface area contributed by atoms with Gasteiger partial charge in [0.25, 0.3) is 5.91 Å². The van der Waals surface area contributed by atoms with Crippen molar-refractivity contribution in [1.29, 1.82) is 0 Å². The summed E-state index contributed by atoms with van der Waals surface area (Å²) < 4.78 is 17.0. The quantitative estimate of drug-likeness (QED) is 0.830. The van der Waals surface area contributed by atoms with Crippen molar-refractivity contribution in [3.63, 3.8) is 0 Å². The van der Waals surface area contributed by atoms with Crippen molar-refractivity contribution in [2.24, 2.45) is 0 Å². The normalized spacial score (nSPS) is 16.4. The predicted molar refractivity (Wildman–Crippen MR) is 96.5 cm³/mol. The lowest BCUT2D eigenvalue weighted by atomic mass is 10.1. The molecule has 0 spiro atoms. The molecule has 1 amide bonds. The average Bonchev–Trinajstić information content (AvgIpc) is 3.15. The fraction of sp³-hybridized carbons (Fsp3) is 0.350. The van der Waals surface area contributed by atoms with E-state index >= 15 is 0 Å². The van der Waals surface area contributed by atoms with Crippen molar-refractivity contribution in [2.45, 2.75) is 25.9 Å². The highest BCUT2D eigenvalue weighted by atomic mass is 16.5. The van der Waals surface area contributed by atoms with Crippen molar-refractivity contribution in [2.75, 3.05) is 25.1 Å². The predicted octanol–water partition coefficient (Wildman–Crippen LogP) is 3.90. The topological polar surface area (TPSA) is 56.8 Å². The second-order valence-corrected chi connectivity index (χ2v) is 5.83. The molecule has 1 heterocycles. The van der Waals surface area contributed by atoms with Crippen molar-refractivity contribution < 1.29 is 19.0 Å². The number of para-hydroxylation sites is 3. The van der Waals surface area contributed by atoms with Gasteiger partial charge in [-0.25, -0.2) is 0 Å². The van der Waals surface area contributed by atoms with Crippen molar-refractivity contribution in [3.8, 4) is 11.5 Å². The molecule has 1 N–H and O–H groups in total. The number of hydrogen-bond donors (Lipinski definition) is 1. The van der Waals surface area contributed by atoms with Crippen LogP contribution in [0.15, 0.2) is 48.5 Å². The van der Waals surface area contributed by atoms with E-state index in [4.69, 9.17) is 14.2 Å². The third kappa shape index (κ3) is 4.51. The van der Waals surface area contributed by atoms with Crippen LogP contribution in [0.25, 0.3) is 0 Å². The van der Waals surface area contributed by atoms with E-state index in [2.05, 4.69) is 5.32 Å². The summed E-state index contributed by atoms with van der Waals surface area (Å²) in [5.74, 6) is 0.982. The van der Waals surface area contributed by atoms with Gasteiger partial charge in [0.1, 0.15) is 18.1 Å². The number of rotatable bonds is 7. The number of carbonyl (C=O) groups excluding carboxylic acids is 1. The van der Waals surface area contributed by atoms with Crippen molar-refractivity contribution in [1.82, 2.24) is 0 Å². The summed E-state index contributed by atoms with van der Waals surface area (Å²) in [6.45, 7) is 3.69. The van der Waals surface area contributed by atoms with E-state index in [-0.39, 0.29) is 12.0 Å². The molecule has 2 aromatic rings. The first kappa shape index (κ1) is 17.3. The standard InChI is InChI=1S/C20H23NO4/c1-2-23-19-12-6-4-10-17(19)21-20(22)16-9-3-5-11-18(16)25-14-15-8-7-13-24-15/h3-6,9-12,15H,2,7-8,13-14H2,1H3,(H,21,22). The van der Waals surface area contributed by atoms with Crippen LogP contribution in [-0.4, -0.2) is 31.8 Å². The molecule has 0 aliphatic carbocycles. The van der Waals surface area contributed by atoms with Crippen LogP contribution in [-0.2, 0) is 4.74 Å². The number of hydrogen-bond acceptors (Lipinski definition) is 4. The molecule has 25 heavy (non-hydrogen) atoms. The second-order valence-electron chi connectivity index (χ2n) is 5.83. The monoisotopic (exact) mass is 341 g/mol. The zero-order valence-corrected chi connectivity index (χ0v) is 14.4. The maximum atomic E-state index is 12.7. The van der Waals surface area contributed by atoms with Gasteiger partial charge in [0.2, 0.25) is 0 Å². The molecule has 1 fully saturated rings. The van der Waals surface area contributed by atoms with Gasteiger partial charge in [0.15, 0.2) is 0 Å². The summed E-state index contributed by atoms with van der Waals surface area (Å²) >= 11 is 0. The molecule has 1 aliphatic heterocycles. The minimum Gasteiger partial charge on any atom is -0.492 e. The van der Waals surface area contributed by atoms with Gasteiger partial charge in [-0.15, -0.1) is 0 Å². The number of benzene rings is 2. The Balaban J connectivity index is 1.71. The van der Waals surface area contributed by atoms with Gasteiger partial charge in [-0.1, -0.05) is 24.3 Å². The van der Waals surface area contributed by atoms with Gasteiger partial charge in [-0.05, 0) is 44.0 Å². The van der Waals surface area contributed by atoms with Crippen LogP contribution in [0.2, 0.25) is 0 Å². The van der Waals surface area contributed by atoms with Crippen LogP contribution in [0.1, 0.15) is 30.1 Å². The Morgan fingerprint density at radius 2 is 1.88 bits per heavy atom. The van der Waals surface area contributed by atoms with E-state index in [1.54, 1.807) is 12.1 Å². The van der Waals surface area contributed by atoms with Crippen LogP contribution in [0, 0.1) is 0 Å². The average molecular weight is 341 g/mol. The number of carbonyl (C=O) groups is 1. The molecule has 5 heteroatoms.